The molecule has 0 spiro atoms. The summed E-state index contributed by atoms with van der Waals surface area (Å²) in [4.78, 5) is 33.2. The number of fused-ring (bicyclic) bond motifs is 2. The first-order valence-corrected chi connectivity index (χ1v) is 12.8. The van der Waals surface area contributed by atoms with Crippen molar-refractivity contribution < 1.29 is 19.6 Å². The first-order chi connectivity index (χ1) is 18.0. The van der Waals surface area contributed by atoms with Crippen LogP contribution in [-0.4, -0.2) is 76.7 Å². The maximum Gasteiger partial charge on any atom is 0.279 e. The Balaban J connectivity index is 1.36. The van der Waals surface area contributed by atoms with E-state index in [2.05, 4.69) is 34.1 Å². The first-order valence-electron chi connectivity index (χ1n) is 12.8. The Morgan fingerprint density at radius 1 is 1.24 bits per heavy atom. The molecular weight excluding hydrogens is 472 g/mol. The van der Waals surface area contributed by atoms with Crippen LogP contribution in [0, 0.1) is 16.0 Å². The van der Waals surface area contributed by atoms with Gasteiger partial charge < -0.3 is 14.7 Å². The van der Waals surface area contributed by atoms with Gasteiger partial charge in [-0.1, -0.05) is 24.3 Å². The molecule has 194 valence electrons. The number of non-ortho nitro benzene ring substituents is 1. The molecular formula is C28H32N4O5. The summed E-state index contributed by atoms with van der Waals surface area (Å²) in [5, 5.41) is 22.9. The number of carbonyl (C=O) groups is 1. The molecule has 1 saturated heterocycles. The molecule has 9 heteroatoms. The third kappa shape index (κ3) is 5.14. The predicted octanol–water partition coefficient (Wildman–Crippen LogP) is 3.82. The Kier molecular flexibility index (Phi) is 7.34. The van der Waals surface area contributed by atoms with Crippen LogP contribution in [0.15, 0.2) is 48.7 Å². The number of pyridine rings is 1. The highest BCUT2D eigenvalue weighted by Gasteiger charge is 2.33. The van der Waals surface area contributed by atoms with Gasteiger partial charge >= 0.3 is 0 Å². The van der Waals surface area contributed by atoms with Crippen molar-refractivity contribution >= 4 is 22.5 Å². The smallest absolute Gasteiger partial charge is 0.279 e. The van der Waals surface area contributed by atoms with Crippen molar-refractivity contribution in [3.05, 3.63) is 75.5 Å². The Bertz CT molecular complexity index is 1290. The molecule has 1 fully saturated rings. The van der Waals surface area contributed by atoms with E-state index in [4.69, 9.17) is 4.74 Å². The number of ether oxygens (including phenoxy) is 1. The minimum Gasteiger partial charge on any atom is -0.505 e. The number of phenols is 1. The van der Waals surface area contributed by atoms with Crippen LogP contribution >= 0.6 is 0 Å². The van der Waals surface area contributed by atoms with Crippen molar-refractivity contribution in [2.75, 3.05) is 39.9 Å². The topological polar surface area (TPSA) is 109 Å². The number of amides is 1. The Labute approximate surface area is 215 Å². The van der Waals surface area contributed by atoms with Gasteiger partial charge in [0.25, 0.3) is 11.6 Å². The van der Waals surface area contributed by atoms with Crippen LogP contribution < -0.4 is 0 Å². The quantitative estimate of drug-likeness (QED) is 0.367. The van der Waals surface area contributed by atoms with E-state index in [-0.39, 0.29) is 33.8 Å². The van der Waals surface area contributed by atoms with Crippen molar-refractivity contribution in [1.29, 1.82) is 0 Å². The molecule has 1 N–H and O–H groups in total. The lowest BCUT2D eigenvalue weighted by molar-refractivity contribution is -0.383. The van der Waals surface area contributed by atoms with E-state index in [1.54, 1.807) is 18.1 Å². The fourth-order valence-electron chi connectivity index (χ4n) is 5.86. The number of piperidine rings is 1. The van der Waals surface area contributed by atoms with Gasteiger partial charge in [-0.25, -0.2) is 0 Å². The molecule has 2 aromatic carbocycles. The van der Waals surface area contributed by atoms with Crippen LogP contribution in [0.5, 0.6) is 5.75 Å². The number of likely N-dealkylation sites (tertiary alicyclic amines) is 1. The third-order valence-electron chi connectivity index (χ3n) is 7.70. The lowest BCUT2D eigenvalue weighted by atomic mass is 9.95. The van der Waals surface area contributed by atoms with E-state index in [1.165, 1.54) is 29.5 Å². The minimum absolute atomic E-state index is 0.0522. The lowest BCUT2D eigenvalue weighted by Gasteiger charge is -2.38. The van der Waals surface area contributed by atoms with E-state index in [1.807, 2.05) is 0 Å². The number of aromatic hydroxyl groups is 1. The molecule has 1 atom stereocenters. The standard InChI is InChI=1S/C28H32N4O5/c1-37-13-12-31(28(34)24-16-25(32(35)36)23-9-4-10-29-26(23)27(24)33)18-19-6-5-11-30(17-19)22-14-20-7-2-3-8-21(20)15-22/h2-4,7-10,16,19,22,33H,5-6,11-15,17-18H2,1H3/t19-/m1/s1. The number of carbonyl (C=O) groups excluding carboxylic acids is 1. The highest BCUT2D eigenvalue weighted by molar-refractivity contribution is 6.05. The van der Waals surface area contributed by atoms with Crippen molar-refractivity contribution in [2.24, 2.45) is 5.92 Å². The summed E-state index contributed by atoms with van der Waals surface area (Å²) in [6, 6.07) is 13.4. The molecule has 1 aliphatic carbocycles. The van der Waals surface area contributed by atoms with Gasteiger partial charge in [0.2, 0.25) is 0 Å². The lowest BCUT2D eigenvalue weighted by Crippen LogP contribution is -2.47. The van der Waals surface area contributed by atoms with Gasteiger partial charge in [0.1, 0.15) is 5.52 Å². The monoisotopic (exact) mass is 504 g/mol. The van der Waals surface area contributed by atoms with Crippen LogP contribution in [0.3, 0.4) is 0 Å². The Morgan fingerprint density at radius 3 is 2.70 bits per heavy atom. The number of nitro groups is 1. The van der Waals surface area contributed by atoms with Crippen LogP contribution in [0.2, 0.25) is 0 Å². The molecule has 1 aliphatic heterocycles. The molecule has 0 saturated carbocycles. The van der Waals surface area contributed by atoms with Crippen LogP contribution in [0.4, 0.5) is 5.69 Å². The zero-order valence-corrected chi connectivity index (χ0v) is 21.0. The Morgan fingerprint density at radius 2 is 2.00 bits per heavy atom. The van der Waals surface area contributed by atoms with Gasteiger partial charge in [-0.15, -0.1) is 0 Å². The molecule has 0 radical (unpaired) electrons. The number of nitrogens with zero attached hydrogens (tertiary/aromatic N) is 4. The van der Waals surface area contributed by atoms with Crippen molar-refractivity contribution in [3.8, 4) is 5.75 Å². The molecule has 2 aliphatic rings. The van der Waals surface area contributed by atoms with Crippen molar-refractivity contribution in [2.45, 2.75) is 31.7 Å². The SMILES string of the molecule is COCCN(C[C@@H]1CCCN(C2Cc3ccccc3C2)C1)C(=O)c1cc([N+](=O)[O-])c2cccnc2c1O. The highest BCUT2D eigenvalue weighted by atomic mass is 16.6. The average Bonchev–Trinajstić information content (AvgIpc) is 3.35. The fourth-order valence-corrected chi connectivity index (χ4v) is 5.86. The minimum atomic E-state index is -0.543. The number of phenolic OH excluding ortho intramolecular Hbond substituents is 1. The second-order valence-corrected chi connectivity index (χ2v) is 10.0. The zero-order valence-electron chi connectivity index (χ0n) is 21.0. The number of hydrogen-bond acceptors (Lipinski definition) is 7. The maximum atomic E-state index is 13.7. The summed E-state index contributed by atoms with van der Waals surface area (Å²) in [7, 11) is 1.57. The Hall–Kier alpha value is -3.56. The van der Waals surface area contributed by atoms with Crippen molar-refractivity contribution in [3.63, 3.8) is 0 Å². The van der Waals surface area contributed by atoms with Crippen LogP contribution in [0.25, 0.3) is 10.9 Å². The normalized spacial score (nSPS) is 18.1. The largest absolute Gasteiger partial charge is 0.505 e. The molecule has 0 bridgehead atoms. The summed E-state index contributed by atoms with van der Waals surface area (Å²) in [5.41, 5.74) is 2.55. The third-order valence-corrected chi connectivity index (χ3v) is 7.70. The predicted molar refractivity (Wildman–Crippen MR) is 140 cm³/mol. The van der Waals surface area contributed by atoms with E-state index in [9.17, 15) is 20.0 Å². The van der Waals surface area contributed by atoms with Crippen molar-refractivity contribution in [1.82, 2.24) is 14.8 Å². The number of rotatable bonds is 8. The van der Waals surface area contributed by atoms with Gasteiger partial charge in [0, 0.05) is 45.0 Å². The van der Waals surface area contributed by atoms with Gasteiger partial charge in [-0.05, 0) is 61.4 Å². The molecule has 1 aromatic heterocycles. The molecule has 3 aromatic rings. The van der Waals surface area contributed by atoms with E-state index in [0.717, 1.165) is 38.8 Å². The summed E-state index contributed by atoms with van der Waals surface area (Å²) < 4.78 is 5.26. The van der Waals surface area contributed by atoms with Gasteiger partial charge in [0.05, 0.1) is 22.5 Å². The van der Waals surface area contributed by atoms with E-state index in [0.29, 0.717) is 25.7 Å². The molecule has 5 rings (SSSR count). The molecule has 2 heterocycles. The number of hydrogen-bond donors (Lipinski definition) is 1. The van der Waals surface area contributed by atoms with E-state index >= 15 is 0 Å². The number of benzene rings is 2. The summed E-state index contributed by atoms with van der Waals surface area (Å²) >= 11 is 0. The first kappa shape index (κ1) is 25.1. The number of aromatic nitrogens is 1. The number of methoxy groups -OCH3 is 1. The van der Waals surface area contributed by atoms with Crippen LogP contribution in [0.1, 0.15) is 34.3 Å². The van der Waals surface area contributed by atoms with Gasteiger partial charge in [-0.3, -0.25) is 24.8 Å². The molecule has 9 nitrogen and oxygen atoms in total. The summed E-state index contributed by atoms with van der Waals surface area (Å²) in [6.45, 7) is 3.08. The fraction of sp³-hybridized carbons (Fsp3) is 0.429. The zero-order chi connectivity index (χ0) is 25.9. The summed E-state index contributed by atoms with van der Waals surface area (Å²) in [5.74, 6) is -0.521. The van der Waals surface area contributed by atoms with E-state index < -0.39 is 10.8 Å². The second-order valence-electron chi connectivity index (χ2n) is 10.0. The second kappa shape index (κ2) is 10.8. The average molecular weight is 505 g/mol. The van der Waals surface area contributed by atoms with Crippen LogP contribution in [-0.2, 0) is 17.6 Å². The summed E-state index contributed by atoms with van der Waals surface area (Å²) in [6.07, 6.45) is 5.60. The maximum absolute atomic E-state index is 13.7. The highest BCUT2D eigenvalue weighted by Crippen LogP contribution is 2.35. The molecule has 0 unspecified atom stereocenters. The van der Waals surface area contributed by atoms with Gasteiger partial charge in [0.15, 0.2) is 5.75 Å². The van der Waals surface area contributed by atoms with Gasteiger partial charge in [-0.2, -0.15) is 0 Å². The molecule has 37 heavy (non-hydrogen) atoms. The number of nitro benzene ring substituents is 1. The molecule has 1 amide bonds.